The molecule has 2 amide bonds. The number of halogens is 2. The molecule has 1 aromatic rings. The number of rotatable bonds is 5. The van der Waals surface area contributed by atoms with E-state index in [1.807, 2.05) is 0 Å². The first kappa shape index (κ1) is 15.4. The molecular weight excluding hydrogens is 319 g/mol. The fraction of sp³-hybridized carbons (Fsp3) is 0.333. The minimum Gasteiger partial charge on any atom is -0.481 e. The van der Waals surface area contributed by atoms with Crippen LogP contribution in [-0.2, 0) is 4.79 Å². The van der Waals surface area contributed by atoms with Crippen molar-refractivity contribution in [3.05, 3.63) is 28.5 Å². The normalized spacial score (nSPS) is 11.7. The second kappa shape index (κ2) is 7.08. The Morgan fingerprint density at radius 1 is 1.47 bits per heavy atom. The van der Waals surface area contributed by atoms with Crippen LogP contribution in [0.3, 0.4) is 0 Å². The van der Waals surface area contributed by atoms with Gasteiger partial charge in [0.05, 0.1) is 5.69 Å². The molecule has 1 rings (SSSR count). The lowest BCUT2D eigenvalue weighted by Crippen LogP contribution is -2.33. The first-order valence-electron chi connectivity index (χ1n) is 5.60. The Morgan fingerprint density at radius 2 is 2.16 bits per heavy atom. The van der Waals surface area contributed by atoms with Gasteiger partial charge in [-0.2, -0.15) is 0 Å². The number of carbonyl (C=O) groups is 2. The molecule has 1 unspecified atom stereocenters. The third-order valence-electron chi connectivity index (χ3n) is 2.31. The minimum atomic E-state index is -0.923. The Kier molecular flexibility index (Phi) is 5.75. The predicted molar refractivity (Wildman–Crippen MR) is 72.5 cm³/mol. The first-order valence-corrected chi connectivity index (χ1v) is 6.39. The fourth-order valence-electron chi connectivity index (χ4n) is 1.40. The average molecular weight is 333 g/mol. The summed E-state index contributed by atoms with van der Waals surface area (Å²) in [4.78, 5) is 22.0. The fourth-order valence-corrected chi connectivity index (χ4v) is 1.76. The van der Waals surface area contributed by atoms with Crippen LogP contribution in [0.25, 0.3) is 0 Å². The zero-order valence-corrected chi connectivity index (χ0v) is 11.8. The summed E-state index contributed by atoms with van der Waals surface area (Å²) in [5.74, 6) is -1.67. The number of nitrogens with one attached hydrogen (secondary N) is 2. The third kappa shape index (κ3) is 5.69. The monoisotopic (exact) mass is 332 g/mol. The number of urea groups is 1. The van der Waals surface area contributed by atoms with Crippen LogP contribution in [0.5, 0.6) is 0 Å². The maximum absolute atomic E-state index is 13.4. The maximum atomic E-state index is 13.4. The largest absolute Gasteiger partial charge is 0.481 e. The highest BCUT2D eigenvalue weighted by Crippen LogP contribution is 2.19. The molecule has 0 aliphatic carbocycles. The van der Waals surface area contributed by atoms with Gasteiger partial charge in [0, 0.05) is 17.4 Å². The molecule has 0 saturated heterocycles. The van der Waals surface area contributed by atoms with E-state index in [0.717, 1.165) is 0 Å². The molecule has 0 bridgehead atoms. The smallest absolute Gasteiger partial charge is 0.319 e. The van der Waals surface area contributed by atoms with Gasteiger partial charge in [-0.25, -0.2) is 9.18 Å². The van der Waals surface area contributed by atoms with Crippen molar-refractivity contribution in [2.45, 2.75) is 13.3 Å². The average Bonchev–Trinajstić information content (AvgIpc) is 2.30. The van der Waals surface area contributed by atoms with Gasteiger partial charge >= 0.3 is 12.0 Å². The quantitative estimate of drug-likeness (QED) is 0.775. The summed E-state index contributed by atoms with van der Waals surface area (Å²) in [6, 6.07) is 3.62. The van der Waals surface area contributed by atoms with Crippen LogP contribution in [-0.4, -0.2) is 23.7 Å². The van der Waals surface area contributed by atoms with E-state index in [-0.39, 0.29) is 24.6 Å². The number of anilines is 1. The van der Waals surface area contributed by atoms with E-state index >= 15 is 0 Å². The van der Waals surface area contributed by atoms with Gasteiger partial charge in [0.1, 0.15) is 5.82 Å². The number of aliphatic carboxylic acids is 1. The number of hydrogen-bond donors (Lipinski definition) is 3. The first-order chi connectivity index (χ1) is 8.88. The Labute approximate surface area is 118 Å². The Balaban J connectivity index is 2.47. The molecule has 0 saturated carbocycles. The van der Waals surface area contributed by atoms with Crippen molar-refractivity contribution in [2.24, 2.45) is 5.92 Å². The standard InChI is InChI=1S/C12H14BrFN2O3/c1-7(4-11(17)18)6-15-12(19)16-10-5-8(13)2-3-9(10)14/h2-3,5,7H,4,6H2,1H3,(H,17,18)(H2,15,16,19). The van der Waals surface area contributed by atoms with Gasteiger partial charge in [0.25, 0.3) is 0 Å². The Bertz CT molecular complexity index is 482. The second-order valence-electron chi connectivity index (χ2n) is 4.16. The summed E-state index contributed by atoms with van der Waals surface area (Å²) in [5.41, 5.74) is 0.0535. The lowest BCUT2D eigenvalue weighted by atomic mass is 10.1. The van der Waals surface area contributed by atoms with Gasteiger partial charge < -0.3 is 15.7 Å². The number of amides is 2. The van der Waals surface area contributed by atoms with Crippen LogP contribution in [0.2, 0.25) is 0 Å². The van der Waals surface area contributed by atoms with Gasteiger partial charge in [-0.3, -0.25) is 4.79 Å². The summed E-state index contributed by atoms with van der Waals surface area (Å²) in [5, 5.41) is 13.4. The summed E-state index contributed by atoms with van der Waals surface area (Å²) in [7, 11) is 0. The predicted octanol–water partition coefficient (Wildman–Crippen LogP) is 2.82. The van der Waals surface area contributed by atoms with Crippen LogP contribution in [0.15, 0.2) is 22.7 Å². The minimum absolute atomic E-state index is 0.0362. The van der Waals surface area contributed by atoms with E-state index in [4.69, 9.17) is 5.11 Å². The molecule has 7 heteroatoms. The highest BCUT2D eigenvalue weighted by atomic mass is 79.9. The van der Waals surface area contributed by atoms with Gasteiger partial charge in [0.2, 0.25) is 0 Å². The van der Waals surface area contributed by atoms with Crippen molar-refractivity contribution in [3.63, 3.8) is 0 Å². The molecule has 0 aliphatic heterocycles. The molecule has 104 valence electrons. The molecule has 1 aromatic carbocycles. The van der Waals surface area contributed by atoms with E-state index in [9.17, 15) is 14.0 Å². The summed E-state index contributed by atoms with van der Waals surface area (Å²) >= 11 is 3.17. The lowest BCUT2D eigenvalue weighted by Gasteiger charge is -2.12. The van der Waals surface area contributed by atoms with Gasteiger partial charge in [-0.1, -0.05) is 22.9 Å². The molecule has 0 spiro atoms. The van der Waals surface area contributed by atoms with Gasteiger partial charge in [0.15, 0.2) is 0 Å². The van der Waals surface area contributed by atoms with Crippen LogP contribution < -0.4 is 10.6 Å². The van der Waals surface area contributed by atoms with E-state index in [0.29, 0.717) is 4.47 Å². The highest BCUT2D eigenvalue weighted by molar-refractivity contribution is 9.10. The second-order valence-corrected chi connectivity index (χ2v) is 5.08. The van der Waals surface area contributed by atoms with Crippen LogP contribution >= 0.6 is 15.9 Å². The Morgan fingerprint density at radius 3 is 2.79 bits per heavy atom. The maximum Gasteiger partial charge on any atom is 0.319 e. The molecule has 0 radical (unpaired) electrons. The number of carboxylic acid groups (broad SMARTS) is 1. The Hall–Kier alpha value is -1.63. The van der Waals surface area contributed by atoms with Crippen molar-refractivity contribution >= 4 is 33.6 Å². The van der Waals surface area contributed by atoms with E-state index in [1.165, 1.54) is 18.2 Å². The van der Waals surface area contributed by atoms with Crippen molar-refractivity contribution in [1.29, 1.82) is 0 Å². The highest BCUT2D eigenvalue weighted by Gasteiger charge is 2.11. The molecule has 0 aromatic heterocycles. The van der Waals surface area contributed by atoms with Crippen molar-refractivity contribution < 1.29 is 19.1 Å². The summed E-state index contributed by atoms with van der Waals surface area (Å²) in [6.07, 6.45) is -0.0362. The van der Waals surface area contributed by atoms with Gasteiger partial charge in [-0.15, -0.1) is 0 Å². The molecule has 3 N–H and O–H groups in total. The molecular formula is C12H14BrFN2O3. The molecule has 5 nitrogen and oxygen atoms in total. The number of hydrogen-bond acceptors (Lipinski definition) is 2. The molecule has 19 heavy (non-hydrogen) atoms. The number of carbonyl (C=O) groups excluding carboxylic acids is 1. The number of carboxylic acids is 1. The molecule has 0 heterocycles. The van der Waals surface area contributed by atoms with Crippen LogP contribution in [0, 0.1) is 11.7 Å². The molecule has 0 fully saturated rings. The van der Waals surface area contributed by atoms with Gasteiger partial charge in [-0.05, 0) is 24.1 Å². The zero-order chi connectivity index (χ0) is 14.4. The molecule has 0 aliphatic rings. The SMILES string of the molecule is CC(CNC(=O)Nc1cc(Br)ccc1F)CC(=O)O. The summed E-state index contributed by atoms with van der Waals surface area (Å²) in [6.45, 7) is 1.90. The summed E-state index contributed by atoms with van der Waals surface area (Å²) < 4.78 is 14.0. The van der Waals surface area contributed by atoms with Crippen LogP contribution in [0.4, 0.5) is 14.9 Å². The van der Waals surface area contributed by atoms with E-state index < -0.39 is 17.8 Å². The van der Waals surface area contributed by atoms with Crippen LogP contribution in [0.1, 0.15) is 13.3 Å². The van der Waals surface area contributed by atoms with Crippen molar-refractivity contribution in [3.8, 4) is 0 Å². The molecule has 1 atom stereocenters. The lowest BCUT2D eigenvalue weighted by molar-refractivity contribution is -0.137. The third-order valence-corrected chi connectivity index (χ3v) is 2.80. The van der Waals surface area contributed by atoms with E-state index in [1.54, 1.807) is 6.92 Å². The van der Waals surface area contributed by atoms with Crippen molar-refractivity contribution in [2.75, 3.05) is 11.9 Å². The number of benzene rings is 1. The van der Waals surface area contributed by atoms with Crippen molar-refractivity contribution in [1.82, 2.24) is 5.32 Å². The zero-order valence-electron chi connectivity index (χ0n) is 10.2. The van der Waals surface area contributed by atoms with E-state index in [2.05, 4.69) is 26.6 Å². The topological polar surface area (TPSA) is 78.4 Å².